The molecule has 1 aromatic carbocycles. The van der Waals surface area contributed by atoms with Gasteiger partial charge in [0.25, 0.3) is 0 Å². The largest absolute Gasteiger partial charge is 0.352 e. The van der Waals surface area contributed by atoms with Crippen molar-refractivity contribution in [1.29, 1.82) is 0 Å². The molecule has 3 heteroatoms. The van der Waals surface area contributed by atoms with Gasteiger partial charge in [0.1, 0.15) is 0 Å². The van der Waals surface area contributed by atoms with Crippen molar-refractivity contribution in [3.8, 4) is 0 Å². The molecule has 2 aromatic rings. The smallest absolute Gasteiger partial charge is 0.220 e. The van der Waals surface area contributed by atoms with Crippen LogP contribution >= 0.6 is 11.3 Å². The molecular weight excluding hydrogens is 254 g/mol. The van der Waals surface area contributed by atoms with Crippen LogP contribution in [-0.2, 0) is 11.3 Å². The molecule has 0 saturated carbocycles. The third-order valence-corrected chi connectivity index (χ3v) is 4.36. The highest BCUT2D eigenvalue weighted by Gasteiger charge is 2.09. The van der Waals surface area contributed by atoms with Gasteiger partial charge in [-0.3, -0.25) is 4.79 Å². The van der Waals surface area contributed by atoms with Crippen molar-refractivity contribution in [2.45, 2.75) is 39.7 Å². The lowest BCUT2D eigenvalue weighted by Crippen LogP contribution is -2.24. The van der Waals surface area contributed by atoms with Crippen molar-refractivity contribution in [3.63, 3.8) is 0 Å². The van der Waals surface area contributed by atoms with Crippen molar-refractivity contribution in [2.75, 3.05) is 0 Å². The minimum absolute atomic E-state index is 0.163. The van der Waals surface area contributed by atoms with E-state index in [0.717, 1.165) is 12.8 Å². The van der Waals surface area contributed by atoms with Gasteiger partial charge < -0.3 is 5.32 Å². The van der Waals surface area contributed by atoms with Crippen molar-refractivity contribution in [1.82, 2.24) is 5.32 Å². The molecule has 0 fully saturated rings. The second-order valence-electron chi connectivity index (χ2n) is 5.13. The second-order valence-corrected chi connectivity index (χ2v) is 6.04. The topological polar surface area (TPSA) is 29.1 Å². The van der Waals surface area contributed by atoms with E-state index in [2.05, 4.69) is 36.7 Å². The van der Waals surface area contributed by atoms with E-state index in [1.54, 1.807) is 11.3 Å². The second kappa shape index (κ2) is 6.71. The van der Waals surface area contributed by atoms with Crippen LogP contribution in [0, 0.1) is 5.92 Å². The lowest BCUT2D eigenvalue weighted by molar-refractivity contribution is -0.122. The van der Waals surface area contributed by atoms with E-state index in [4.69, 9.17) is 0 Å². The average molecular weight is 275 g/mol. The van der Waals surface area contributed by atoms with E-state index in [9.17, 15) is 4.79 Å². The summed E-state index contributed by atoms with van der Waals surface area (Å²) in [5.41, 5.74) is 1.22. The molecule has 0 spiro atoms. The number of hydrogen-bond donors (Lipinski definition) is 1. The van der Waals surface area contributed by atoms with Gasteiger partial charge >= 0.3 is 0 Å². The highest BCUT2D eigenvalue weighted by Crippen LogP contribution is 2.25. The molecule has 1 aromatic heterocycles. The first-order valence-electron chi connectivity index (χ1n) is 6.92. The Bertz CT molecular complexity index is 546. The summed E-state index contributed by atoms with van der Waals surface area (Å²) in [5.74, 6) is 0.639. The zero-order chi connectivity index (χ0) is 13.7. The Morgan fingerprint density at radius 3 is 2.95 bits per heavy atom. The number of fused-ring (bicyclic) bond motifs is 1. The molecule has 1 unspecified atom stereocenters. The SMILES string of the molecule is CCCC(C)CC(=O)NCc1csc2ccccc12. The minimum atomic E-state index is 0.163. The fourth-order valence-electron chi connectivity index (χ4n) is 2.35. The summed E-state index contributed by atoms with van der Waals surface area (Å²) in [6.45, 7) is 4.94. The van der Waals surface area contributed by atoms with Crippen LogP contribution in [0.1, 0.15) is 38.7 Å². The van der Waals surface area contributed by atoms with E-state index in [0.29, 0.717) is 18.9 Å². The first-order valence-corrected chi connectivity index (χ1v) is 7.80. The molecule has 1 amide bonds. The standard InChI is InChI=1S/C16H21NOS/c1-3-6-12(2)9-16(18)17-10-13-11-19-15-8-5-4-7-14(13)15/h4-5,7-8,11-12H,3,6,9-10H2,1-2H3,(H,17,18). The lowest BCUT2D eigenvalue weighted by Gasteiger charge is -2.10. The van der Waals surface area contributed by atoms with Gasteiger partial charge in [-0.2, -0.15) is 0 Å². The molecule has 0 aliphatic rings. The Hall–Kier alpha value is -1.35. The van der Waals surface area contributed by atoms with Crippen LogP contribution in [0.3, 0.4) is 0 Å². The molecule has 1 atom stereocenters. The van der Waals surface area contributed by atoms with Crippen LogP contribution < -0.4 is 5.32 Å². The van der Waals surface area contributed by atoms with E-state index in [-0.39, 0.29) is 5.91 Å². The Morgan fingerprint density at radius 2 is 2.16 bits per heavy atom. The van der Waals surface area contributed by atoms with Crippen molar-refractivity contribution >= 4 is 27.3 Å². The predicted molar refractivity (Wildman–Crippen MR) is 82.4 cm³/mol. The highest BCUT2D eigenvalue weighted by atomic mass is 32.1. The molecule has 0 aliphatic carbocycles. The maximum absolute atomic E-state index is 11.9. The average Bonchev–Trinajstić information content (AvgIpc) is 2.80. The number of rotatable bonds is 6. The first kappa shape index (κ1) is 14.1. The van der Waals surface area contributed by atoms with Crippen LogP contribution in [0.5, 0.6) is 0 Å². The van der Waals surface area contributed by atoms with Gasteiger partial charge in [0, 0.05) is 17.7 Å². The summed E-state index contributed by atoms with van der Waals surface area (Å²) in [7, 11) is 0. The number of carbonyl (C=O) groups excluding carboxylic acids is 1. The molecule has 0 saturated heterocycles. The van der Waals surface area contributed by atoms with Gasteiger partial charge in [-0.05, 0) is 28.3 Å². The quantitative estimate of drug-likeness (QED) is 0.834. The summed E-state index contributed by atoms with van der Waals surface area (Å²) < 4.78 is 1.28. The Morgan fingerprint density at radius 1 is 1.37 bits per heavy atom. The number of nitrogens with one attached hydrogen (secondary N) is 1. The van der Waals surface area contributed by atoms with Gasteiger partial charge in [0.05, 0.1) is 0 Å². The minimum Gasteiger partial charge on any atom is -0.352 e. The number of hydrogen-bond acceptors (Lipinski definition) is 2. The zero-order valence-corrected chi connectivity index (χ0v) is 12.4. The maximum Gasteiger partial charge on any atom is 0.220 e. The van der Waals surface area contributed by atoms with Crippen molar-refractivity contribution < 1.29 is 4.79 Å². The molecule has 0 aliphatic heterocycles. The third kappa shape index (κ3) is 3.80. The monoisotopic (exact) mass is 275 g/mol. The van der Waals surface area contributed by atoms with E-state index in [1.807, 2.05) is 12.1 Å². The summed E-state index contributed by atoms with van der Waals surface area (Å²) >= 11 is 1.74. The summed E-state index contributed by atoms with van der Waals surface area (Å²) in [4.78, 5) is 11.9. The van der Waals surface area contributed by atoms with Crippen LogP contribution in [0.2, 0.25) is 0 Å². The van der Waals surface area contributed by atoms with Crippen molar-refractivity contribution in [2.24, 2.45) is 5.92 Å². The summed E-state index contributed by atoms with van der Waals surface area (Å²) in [6.07, 6.45) is 2.90. The van der Waals surface area contributed by atoms with Crippen molar-refractivity contribution in [3.05, 3.63) is 35.2 Å². The Balaban J connectivity index is 1.90. The fraction of sp³-hybridized carbons (Fsp3) is 0.438. The lowest BCUT2D eigenvalue weighted by atomic mass is 10.0. The molecule has 0 bridgehead atoms. The molecule has 1 N–H and O–H groups in total. The van der Waals surface area contributed by atoms with Gasteiger partial charge in [0.2, 0.25) is 5.91 Å². The molecule has 0 radical (unpaired) electrons. The van der Waals surface area contributed by atoms with Gasteiger partial charge in [-0.25, -0.2) is 0 Å². The number of amides is 1. The van der Waals surface area contributed by atoms with Gasteiger partial charge in [-0.1, -0.05) is 44.9 Å². The zero-order valence-electron chi connectivity index (χ0n) is 11.6. The highest BCUT2D eigenvalue weighted by molar-refractivity contribution is 7.17. The van der Waals surface area contributed by atoms with Crippen LogP contribution in [-0.4, -0.2) is 5.91 Å². The van der Waals surface area contributed by atoms with Crippen LogP contribution in [0.4, 0.5) is 0 Å². The number of benzene rings is 1. The van der Waals surface area contributed by atoms with Gasteiger partial charge in [0.15, 0.2) is 0 Å². The first-order chi connectivity index (χ1) is 9.20. The molecule has 1 heterocycles. The number of thiophene rings is 1. The molecular formula is C16H21NOS. The van der Waals surface area contributed by atoms with Crippen LogP contribution in [0.15, 0.2) is 29.6 Å². The molecule has 2 nitrogen and oxygen atoms in total. The maximum atomic E-state index is 11.9. The van der Waals surface area contributed by atoms with E-state index >= 15 is 0 Å². The Labute approximate surface area is 118 Å². The van der Waals surface area contributed by atoms with Gasteiger partial charge in [-0.15, -0.1) is 11.3 Å². The summed E-state index contributed by atoms with van der Waals surface area (Å²) in [5, 5.41) is 6.43. The van der Waals surface area contributed by atoms with E-state index < -0.39 is 0 Å². The molecule has 2 rings (SSSR count). The Kier molecular flexibility index (Phi) is 4.97. The molecule has 102 valence electrons. The van der Waals surface area contributed by atoms with E-state index in [1.165, 1.54) is 15.6 Å². The summed E-state index contributed by atoms with van der Waals surface area (Å²) in [6, 6.07) is 8.33. The number of carbonyl (C=O) groups is 1. The normalized spacial score (nSPS) is 12.5. The molecule has 19 heavy (non-hydrogen) atoms. The predicted octanol–water partition coefficient (Wildman–Crippen LogP) is 4.34. The van der Waals surface area contributed by atoms with Crippen LogP contribution in [0.25, 0.3) is 10.1 Å². The fourth-order valence-corrected chi connectivity index (χ4v) is 3.31. The third-order valence-electron chi connectivity index (χ3n) is 3.35.